The summed E-state index contributed by atoms with van der Waals surface area (Å²) in [7, 11) is -3.60. The van der Waals surface area contributed by atoms with Crippen molar-refractivity contribution in [1.29, 1.82) is 0 Å². The van der Waals surface area contributed by atoms with Gasteiger partial charge in [-0.3, -0.25) is 4.72 Å². The Kier molecular flexibility index (Phi) is 4.79. The molecular weight excluding hydrogens is 390 g/mol. The van der Waals surface area contributed by atoms with Gasteiger partial charge in [-0.25, -0.2) is 13.2 Å². The van der Waals surface area contributed by atoms with E-state index < -0.39 is 21.2 Å². The minimum atomic E-state index is -3.60. The van der Waals surface area contributed by atoms with Crippen LogP contribution < -0.4 is 4.72 Å². The lowest BCUT2D eigenvalue weighted by Crippen LogP contribution is -2.24. The summed E-state index contributed by atoms with van der Waals surface area (Å²) in [5.74, 6) is -1.21. The van der Waals surface area contributed by atoms with Crippen LogP contribution >= 0.6 is 31.9 Å². The maximum Gasteiger partial charge on any atom is 0.337 e. The van der Waals surface area contributed by atoms with Gasteiger partial charge < -0.3 is 5.11 Å². The SMILES string of the molecule is CC(C)S(=O)(=O)Nc1c(Br)cc(Br)cc1C(=O)O. The molecular formula is C10H11Br2NO4S. The fourth-order valence-electron chi connectivity index (χ4n) is 1.11. The van der Waals surface area contributed by atoms with Crippen LogP contribution in [-0.2, 0) is 10.0 Å². The second kappa shape index (κ2) is 5.58. The summed E-state index contributed by atoms with van der Waals surface area (Å²) in [6.07, 6.45) is 0. The van der Waals surface area contributed by atoms with Gasteiger partial charge >= 0.3 is 5.97 Å². The van der Waals surface area contributed by atoms with Crippen molar-refractivity contribution >= 4 is 53.5 Å². The van der Waals surface area contributed by atoms with E-state index in [9.17, 15) is 13.2 Å². The van der Waals surface area contributed by atoms with E-state index in [-0.39, 0.29) is 11.3 Å². The van der Waals surface area contributed by atoms with Gasteiger partial charge in [-0.1, -0.05) is 15.9 Å². The van der Waals surface area contributed by atoms with Gasteiger partial charge in [0.1, 0.15) is 0 Å². The molecule has 0 saturated heterocycles. The van der Waals surface area contributed by atoms with Crippen LogP contribution in [0.3, 0.4) is 0 Å². The molecule has 0 aromatic heterocycles. The Morgan fingerprint density at radius 2 is 1.89 bits per heavy atom. The minimum Gasteiger partial charge on any atom is -0.478 e. The first-order valence-electron chi connectivity index (χ1n) is 4.89. The first kappa shape index (κ1) is 15.5. The minimum absolute atomic E-state index is 0.0272. The van der Waals surface area contributed by atoms with Gasteiger partial charge in [0.05, 0.1) is 16.5 Å². The average molecular weight is 401 g/mol. The zero-order chi connectivity index (χ0) is 14.1. The standard InChI is InChI=1S/C10H11Br2NO4S/c1-5(2)18(16,17)13-9-7(10(14)15)3-6(11)4-8(9)12/h3-5,13H,1-2H3,(H,14,15). The molecule has 0 aliphatic rings. The molecule has 5 nitrogen and oxygen atoms in total. The lowest BCUT2D eigenvalue weighted by atomic mass is 10.2. The van der Waals surface area contributed by atoms with Crippen molar-refractivity contribution in [3.05, 3.63) is 26.6 Å². The third-order valence-electron chi connectivity index (χ3n) is 2.15. The zero-order valence-electron chi connectivity index (χ0n) is 9.57. The number of carboxylic acid groups (broad SMARTS) is 1. The molecule has 0 aliphatic heterocycles. The molecule has 1 aromatic carbocycles. The smallest absolute Gasteiger partial charge is 0.337 e. The summed E-state index contributed by atoms with van der Waals surface area (Å²) in [6.45, 7) is 3.02. The van der Waals surface area contributed by atoms with Crippen molar-refractivity contribution in [2.75, 3.05) is 4.72 Å². The molecule has 8 heteroatoms. The highest BCUT2D eigenvalue weighted by atomic mass is 79.9. The number of benzene rings is 1. The Hall–Kier alpha value is -0.600. The number of hydrogen-bond donors (Lipinski definition) is 2. The van der Waals surface area contributed by atoms with E-state index in [1.54, 1.807) is 6.07 Å². The largest absolute Gasteiger partial charge is 0.478 e. The third-order valence-corrected chi connectivity index (χ3v) is 4.96. The van der Waals surface area contributed by atoms with Crippen molar-refractivity contribution in [3.8, 4) is 0 Å². The topological polar surface area (TPSA) is 83.5 Å². The van der Waals surface area contributed by atoms with Crippen LogP contribution in [0.5, 0.6) is 0 Å². The number of hydrogen-bond acceptors (Lipinski definition) is 3. The van der Waals surface area contributed by atoms with E-state index in [0.29, 0.717) is 8.95 Å². The van der Waals surface area contributed by atoms with Crippen molar-refractivity contribution in [3.63, 3.8) is 0 Å². The van der Waals surface area contributed by atoms with Crippen molar-refractivity contribution in [2.45, 2.75) is 19.1 Å². The third kappa shape index (κ3) is 3.46. The van der Waals surface area contributed by atoms with Gasteiger partial charge in [0.15, 0.2) is 0 Å². The number of sulfonamides is 1. The molecule has 0 unspecified atom stereocenters. The maximum absolute atomic E-state index is 11.8. The maximum atomic E-state index is 11.8. The highest BCUT2D eigenvalue weighted by Crippen LogP contribution is 2.32. The normalized spacial score (nSPS) is 11.6. The number of rotatable bonds is 4. The fourth-order valence-corrected chi connectivity index (χ4v) is 3.30. The Morgan fingerprint density at radius 1 is 1.33 bits per heavy atom. The Labute approximate surface area is 122 Å². The number of halogens is 2. The van der Waals surface area contributed by atoms with E-state index in [0.717, 1.165) is 0 Å². The molecule has 0 saturated carbocycles. The molecule has 0 amide bonds. The van der Waals surface area contributed by atoms with E-state index in [4.69, 9.17) is 5.11 Å². The average Bonchev–Trinajstić information content (AvgIpc) is 2.21. The highest BCUT2D eigenvalue weighted by Gasteiger charge is 2.22. The molecule has 0 radical (unpaired) electrons. The summed E-state index contributed by atoms with van der Waals surface area (Å²) >= 11 is 6.30. The van der Waals surface area contributed by atoms with Crippen LogP contribution in [0.15, 0.2) is 21.1 Å². The van der Waals surface area contributed by atoms with Gasteiger partial charge in [0.2, 0.25) is 10.0 Å². The fraction of sp³-hybridized carbons (Fsp3) is 0.300. The first-order chi connectivity index (χ1) is 8.15. The molecule has 0 heterocycles. The zero-order valence-corrected chi connectivity index (χ0v) is 13.6. The first-order valence-corrected chi connectivity index (χ1v) is 8.02. The lowest BCUT2D eigenvalue weighted by Gasteiger charge is -2.14. The summed E-state index contributed by atoms with van der Waals surface area (Å²) < 4.78 is 26.7. The number of carbonyl (C=O) groups is 1. The van der Waals surface area contributed by atoms with E-state index >= 15 is 0 Å². The molecule has 0 aliphatic carbocycles. The number of carboxylic acids is 1. The van der Waals surface area contributed by atoms with E-state index in [1.165, 1.54) is 19.9 Å². The molecule has 1 aromatic rings. The summed E-state index contributed by atoms with van der Waals surface area (Å²) in [5, 5.41) is 8.42. The summed E-state index contributed by atoms with van der Waals surface area (Å²) in [5.41, 5.74) is -0.0973. The number of aromatic carboxylic acids is 1. The Morgan fingerprint density at radius 3 is 2.33 bits per heavy atom. The summed E-state index contributed by atoms with van der Waals surface area (Å²) in [4.78, 5) is 11.1. The molecule has 0 fully saturated rings. The second-order valence-corrected chi connectivity index (χ2v) is 7.82. The van der Waals surface area contributed by atoms with Crippen LogP contribution in [0.1, 0.15) is 24.2 Å². The highest BCUT2D eigenvalue weighted by molar-refractivity contribution is 9.11. The van der Waals surface area contributed by atoms with Crippen LogP contribution in [-0.4, -0.2) is 24.7 Å². The van der Waals surface area contributed by atoms with Crippen LogP contribution in [0.4, 0.5) is 5.69 Å². The van der Waals surface area contributed by atoms with Crippen LogP contribution in [0.2, 0.25) is 0 Å². The molecule has 0 spiro atoms. The number of nitrogens with one attached hydrogen (secondary N) is 1. The molecule has 1 rings (SSSR count). The van der Waals surface area contributed by atoms with Gasteiger partial charge in [-0.2, -0.15) is 0 Å². The van der Waals surface area contributed by atoms with Gasteiger partial charge in [-0.05, 0) is 41.9 Å². The molecule has 2 N–H and O–H groups in total. The Balaban J connectivity index is 3.37. The van der Waals surface area contributed by atoms with Gasteiger partial charge in [0, 0.05) is 8.95 Å². The van der Waals surface area contributed by atoms with E-state index in [1.807, 2.05) is 0 Å². The molecule has 100 valence electrons. The molecule has 18 heavy (non-hydrogen) atoms. The Bertz CT molecular complexity index is 584. The van der Waals surface area contributed by atoms with Crippen LogP contribution in [0.25, 0.3) is 0 Å². The van der Waals surface area contributed by atoms with E-state index in [2.05, 4.69) is 36.6 Å². The predicted molar refractivity (Wildman–Crippen MR) is 76.5 cm³/mol. The number of anilines is 1. The van der Waals surface area contributed by atoms with Crippen molar-refractivity contribution in [1.82, 2.24) is 0 Å². The predicted octanol–water partition coefficient (Wildman–Crippen LogP) is 3.06. The van der Waals surface area contributed by atoms with Gasteiger partial charge in [-0.15, -0.1) is 0 Å². The van der Waals surface area contributed by atoms with Crippen molar-refractivity contribution in [2.24, 2.45) is 0 Å². The van der Waals surface area contributed by atoms with Gasteiger partial charge in [0.25, 0.3) is 0 Å². The lowest BCUT2D eigenvalue weighted by molar-refractivity contribution is 0.0698. The monoisotopic (exact) mass is 399 g/mol. The molecule has 0 atom stereocenters. The van der Waals surface area contributed by atoms with Crippen molar-refractivity contribution < 1.29 is 18.3 Å². The quantitative estimate of drug-likeness (QED) is 0.813. The molecule has 0 bridgehead atoms. The summed E-state index contributed by atoms with van der Waals surface area (Å²) in [6, 6.07) is 2.91. The second-order valence-electron chi connectivity index (χ2n) is 3.81. The van der Waals surface area contributed by atoms with Crippen LogP contribution in [0, 0.1) is 0 Å².